The van der Waals surface area contributed by atoms with Crippen molar-refractivity contribution >= 4 is 11.4 Å². The zero-order valence-electron chi connectivity index (χ0n) is 9.09. The minimum absolute atomic E-state index is 0.210. The van der Waals surface area contributed by atoms with Crippen molar-refractivity contribution in [1.29, 1.82) is 0 Å². The van der Waals surface area contributed by atoms with Crippen LogP contribution in [0, 0.1) is 33.6 Å². The molecule has 0 aliphatic rings. The van der Waals surface area contributed by atoms with Crippen LogP contribution < -0.4 is 5.32 Å². The number of nitro groups is 1. The Morgan fingerprint density at radius 3 is 2.76 bits per heavy atom. The minimum Gasteiger partial charge on any atom is -0.376 e. The molecule has 0 aliphatic carbocycles. The van der Waals surface area contributed by atoms with Gasteiger partial charge in [0, 0.05) is 19.0 Å². The summed E-state index contributed by atoms with van der Waals surface area (Å²) in [5, 5.41) is 13.1. The molecule has 0 aliphatic heterocycles. The highest BCUT2D eigenvalue weighted by Crippen LogP contribution is 2.28. The Labute approximate surface area is 96.8 Å². The second-order valence-electron chi connectivity index (χ2n) is 3.12. The lowest BCUT2D eigenvalue weighted by atomic mass is 10.2. The smallest absolute Gasteiger partial charge is 0.295 e. The van der Waals surface area contributed by atoms with Crippen LogP contribution in [-0.2, 0) is 0 Å². The van der Waals surface area contributed by atoms with Gasteiger partial charge >= 0.3 is 0 Å². The maximum absolute atomic E-state index is 13.4. The van der Waals surface area contributed by atoms with Gasteiger partial charge < -0.3 is 5.32 Å². The van der Waals surface area contributed by atoms with Gasteiger partial charge in [-0.3, -0.25) is 10.1 Å². The van der Waals surface area contributed by atoms with E-state index in [0.717, 1.165) is 12.1 Å². The van der Waals surface area contributed by atoms with Gasteiger partial charge in [-0.05, 0) is 13.0 Å². The van der Waals surface area contributed by atoms with E-state index in [1.165, 1.54) is 0 Å². The van der Waals surface area contributed by atoms with Crippen LogP contribution in [0.25, 0.3) is 0 Å². The molecule has 0 fully saturated rings. The van der Waals surface area contributed by atoms with Crippen LogP contribution in [0.5, 0.6) is 0 Å². The summed E-state index contributed by atoms with van der Waals surface area (Å²) in [7, 11) is 0. The van der Waals surface area contributed by atoms with E-state index in [2.05, 4.69) is 17.2 Å². The molecule has 0 atom stereocenters. The summed E-state index contributed by atoms with van der Waals surface area (Å²) in [6, 6.07) is 1.65. The molecule has 4 nitrogen and oxygen atoms in total. The normalized spacial score (nSPS) is 9.35. The third-order valence-corrected chi connectivity index (χ3v) is 2.00. The fourth-order valence-electron chi connectivity index (χ4n) is 1.24. The Balaban J connectivity index is 2.96. The average Bonchev–Trinajstić information content (AvgIpc) is 2.29. The maximum atomic E-state index is 13.4. The Morgan fingerprint density at radius 1 is 1.47 bits per heavy atom. The van der Waals surface area contributed by atoms with E-state index in [1.807, 2.05) is 0 Å². The molecule has 1 N–H and O–H groups in total. The van der Waals surface area contributed by atoms with Gasteiger partial charge in [-0.2, -0.15) is 0 Å². The molecule has 1 rings (SSSR count). The number of nitro benzene ring substituents is 1. The Morgan fingerprint density at radius 2 is 2.18 bits per heavy atom. The van der Waals surface area contributed by atoms with E-state index in [0.29, 0.717) is 6.42 Å². The first-order chi connectivity index (χ1) is 8.07. The maximum Gasteiger partial charge on any atom is 0.295 e. The third kappa shape index (κ3) is 3.14. The van der Waals surface area contributed by atoms with Crippen molar-refractivity contribution in [2.24, 2.45) is 0 Å². The highest BCUT2D eigenvalue weighted by Gasteiger charge is 2.20. The van der Waals surface area contributed by atoms with E-state index < -0.39 is 27.9 Å². The lowest BCUT2D eigenvalue weighted by Crippen LogP contribution is -2.07. The first-order valence-electron chi connectivity index (χ1n) is 4.83. The molecule has 90 valence electrons. The molecule has 0 saturated heterocycles. The number of nitrogens with one attached hydrogen (secondary N) is 1. The third-order valence-electron chi connectivity index (χ3n) is 2.00. The number of hydrogen-bond donors (Lipinski definition) is 1. The van der Waals surface area contributed by atoms with Crippen molar-refractivity contribution in [3.8, 4) is 11.8 Å². The highest BCUT2D eigenvalue weighted by atomic mass is 19.2. The predicted octanol–water partition coefficient (Wildman–Crippen LogP) is 2.70. The molecule has 0 saturated carbocycles. The first-order valence-corrected chi connectivity index (χ1v) is 4.83. The monoisotopic (exact) mass is 240 g/mol. The number of rotatable bonds is 4. The molecule has 0 heterocycles. The second-order valence-corrected chi connectivity index (χ2v) is 3.12. The highest BCUT2D eigenvalue weighted by molar-refractivity contribution is 5.62. The summed E-state index contributed by atoms with van der Waals surface area (Å²) in [5.74, 6) is 2.96. The predicted molar refractivity (Wildman–Crippen MR) is 59.6 cm³/mol. The lowest BCUT2D eigenvalue weighted by Gasteiger charge is -2.06. The van der Waals surface area contributed by atoms with E-state index in [4.69, 9.17) is 0 Å². The van der Waals surface area contributed by atoms with E-state index in [-0.39, 0.29) is 6.54 Å². The fraction of sp³-hybridized carbons (Fsp3) is 0.273. The summed E-state index contributed by atoms with van der Waals surface area (Å²) in [4.78, 5) is 9.86. The summed E-state index contributed by atoms with van der Waals surface area (Å²) < 4.78 is 26.3. The van der Waals surface area contributed by atoms with Crippen LogP contribution in [0.1, 0.15) is 13.3 Å². The topological polar surface area (TPSA) is 55.2 Å². The Hall–Kier alpha value is -2.16. The van der Waals surface area contributed by atoms with Gasteiger partial charge in [0.15, 0.2) is 17.3 Å². The quantitative estimate of drug-likeness (QED) is 0.381. The first kappa shape index (κ1) is 12.9. The largest absolute Gasteiger partial charge is 0.376 e. The fourth-order valence-corrected chi connectivity index (χ4v) is 1.24. The van der Waals surface area contributed by atoms with Gasteiger partial charge in [0.25, 0.3) is 5.69 Å². The zero-order valence-corrected chi connectivity index (χ0v) is 9.09. The van der Waals surface area contributed by atoms with Crippen LogP contribution in [0.3, 0.4) is 0 Å². The standard InChI is InChI=1S/C11H10F2N2O2/c1-2-3-4-7-14-11-9(15(16)17)6-5-8(12)10(11)13/h5-6,14H,4,7H2,1H3. The van der Waals surface area contributed by atoms with Gasteiger partial charge in [0.1, 0.15) is 0 Å². The van der Waals surface area contributed by atoms with Crippen molar-refractivity contribution in [2.45, 2.75) is 13.3 Å². The van der Waals surface area contributed by atoms with Crippen LogP contribution in [0.15, 0.2) is 12.1 Å². The molecular weight excluding hydrogens is 230 g/mol. The molecule has 1 aromatic rings. The lowest BCUT2D eigenvalue weighted by molar-refractivity contribution is -0.384. The minimum atomic E-state index is -1.25. The van der Waals surface area contributed by atoms with Crippen molar-refractivity contribution in [1.82, 2.24) is 0 Å². The average molecular weight is 240 g/mol. The number of anilines is 1. The van der Waals surface area contributed by atoms with Crippen LogP contribution >= 0.6 is 0 Å². The van der Waals surface area contributed by atoms with Gasteiger partial charge in [-0.25, -0.2) is 8.78 Å². The number of halogens is 2. The molecule has 0 radical (unpaired) electrons. The summed E-state index contributed by atoms with van der Waals surface area (Å²) in [6.07, 6.45) is 0.392. The number of nitrogens with zero attached hydrogens (tertiary/aromatic N) is 1. The molecule has 1 aromatic carbocycles. The molecule has 0 unspecified atom stereocenters. The van der Waals surface area contributed by atoms with Gasteiger partial charge in [0.05, 0.1) is 4.92 Å². The molecule has 17 heavy (non-hydrogen) atoms. The van der Waals surface area contributed by atoms with Gasteiger partial charge in [-0.1, -0.05) is 0 Å². The van der Waals surface area contributed by atoms with E-state index >= 15 is 0 Å². The number of benzene rings is 1. The van der Waals surface area contributed by atoms with E-state index in [1.54, 1.807) is 6.92 Å². The number of hydrogen-bond acceptors (Lipinski definition) is 3. The van der Waals surface area contributed by atoms with Crippen LogP contribution in [0.4, 0.5) is 20.2 Å². The zero-order chi connectivity index (χ0) is 12.8. The molecular formula is C11H10F2N2O2. The summed E-state index contributed by atoms with van der Waals surface area (Å²) in [6.45, 7) is 1.85. The van der Waals surface area contributed by atoms with E-state index in [9.17, 15) is 18.9 Å². The van der Waals surface area contributed by atoms with Gasteiger partial charge in [0.2, 0.25) is 0 Å². The van der Waals surface area contributed by atoms with Crippen molar-refractivity contribution in [2.75, 3.05) is 11.9 Å². The molecule has 0 amide bonds. The molecule has 0 spiro atoms. The second kappa shape index (κ2) is 5.80. The van der Waals surface area contributed by atoms with Crippen molar-refractivity contribution in [3.63, 3.8) is 0 Å². The van der Waals surface area contributed by atoms with Crippen molar-refractivity contribution < 1.29 is 13.7 Å². The summed E-state index contributed by atoms with van der Waals surface area (Å²) in [5.41, 5.74) is -0.929. The Bertz CT molecular complexity index is 492. The van der Waals surface area contributed by atoms with Crippen LogP contribution in [-0.4, -0.2) is 11.5 Å². The molecule has 0 bridgehead atoms. The summed E-state index contributed by atoms with van der Waals surface area (Å²) >= 11 is 0. The SMILES string of the molecule is CC#CCCNc1c([N+](=O)[O-])ccc(F)c1F. The van der Waals surface area contributed by atoms with Crippen molar-refractivity contribution in [3.05, 3.63) is 33.9 Å². The molecule has 6 heteroatoms. The van der Waals surface area contributed by atoms with Crippen LogP contribution in [0.2, 0.25) is 0 Å². The Kier molecular flexibility index (Phi) is 4.40. The van der Waals surface area contributed by atoms with Gasteiger partial charge in [-0.15, -0.1) is 11.8 Å². The molecule has 0 aromatic heterocycles.